The normalized spacial score (nSPS) is 11.2. The summed E-state index contributed by atoms with van der Waals surface area (Å²) in [5.74, 6) is -0.00336. The van der Waals surface area contributed by atoms with E-state index in [2.05, 4.69) is 0 Å². The van der Waals surface area contributed by atoms with Gasteiger partial charge in [-0.1, -0.05) is 37.3 Å². The van der Waals surface area contributed by atoms with Crippen LogP contribution in [0.2, 0.25) is 0 Å². The smallest absolute Gasteiger partial charge is 0.332 e. The molecular formula is C21H24N2O4S. The second-order valence-electron chi connectivity index (χ2n) is 6.76. The lowest BCUT2D eigenvalue weighted by atomic mass is 10.1. The SMILES string of the molecule is CCCC(=O)c1sc2c(c1C)c(=O)n(CCO)c(=O)n2CCc1ccccc1. The van der Waals surface area contributed by atoms with Crippen LogP contribution in [0, 0.1) is 6.92 Å². The van der Waals surface area contributed by atoms with Gasteiger partial charge in [0.2, 0.25) is 0 Å². The van der Waals surface area contributed by atoms with Crippen LogP contribution in [0.15, 0.2) is 39.9 Å². The predicted molar refractivity (Wildman–Crippen MR) is 112 cm³/mol. The van der Waals surface area contributed by atoms with Crippen molar-refractivity contribution in [3.63, 3.8) is 0 Å². The molecule has 2 aromatic heterocycles. The van der Waals surface area contributed by atoms with Gasteiger partial charge in [-0.3, -0.25) is 18.7 Å². The van der Waals surface area contributed by atoms with E-state index in [4.69, 9.17) is 0 Å². The number of nitrogens with zero attached hydrogens (tertiary/aromatic N) is 2. The lowest BCUT2D eigenvalue weighted by Crippen LogP contribution is -2.40. The largest absolute Gasteiger partial charge is 0.395 e. The van der Waals surface area contributed by atoms with E-state index in [9.17, 15) is 19.5 Å². The summed E-state index contributed by atoms with van der Waals surface area (Å²) >= 11 is 1.23. The number of fused-ring (bicyclic) bond motifs is 1. The molecule has 3 rings (SSSR count). The molecule has 0 aliphatic heterocycles. The molecule has 0 unspecified atom stereocenters. The number of Topliss-reactive ketones (excluding diaryl/α,β-unsaturated/α-hetero) is 1. The maximum absolute atomic E-state index is 13.0. The van der Waals surface area contributed by atoms with E-state index in [1.165, 1.54) is 11.3 Å². The standard InChI is InChI=1S/C21H24N2O4S/c1-3-7-16(25)18-14(2)17-19(26)22(12-13-24)21(27)23(20(17)28-18)11-10-15-8-5-4-6-9-15/h4-6,8-9,24H,3,7,10-13H2,1-2H3. The average Bonchev–Trinajstić information content (AvgIpc) is 3.03. The second kappa shape index (κ2) is 8.67. The van der Waals surface area contributed by atoms with Gasteiger partial charge in [-0.15, -0.1) is 11.3 Å². The number of rotatable bonds is 8. The molecule has 0 fully saturated rings. The average molecular weight is 401 g/mol. The van der Waals surface area contributed by atoms with Crippen molar-refractivity contribution in [3.05, 3.63) is 67.2 Å². The molecule has 1 N–H and O–H groups in total. The molecule has 0 atom stereocenters. The Morgan fingerprint density at radius 2 is 1.82 bits per heavy atom. The van der Waals surface area contributed by atoms with Crippen molar-refractivity contribution >= 4 is 27.3 Å². The van der Waals surface area contributed by atoms with Crippen LogP contribution in [0.4, 0.5) is 0 Å². The summed E-state index contributed by atoms with van der Waals surface area (Å²) in [6.07, 6.45) is 1.76. The van der Waals surface area contributed by atoms with Crippen molar-refractivity contribution in [1.29, 1.82) is 0 Å². The van der Waals surface area contributed by atoms with E-state index >= 15 is 0 Å². The first-order valence-corrected chi connectivity index (χ1v) is 10.3. The first kappa shape index (κ1) is 20.2. The molecule has 28 heavy (non-hydrogen) atoms. The number of aliphatic hydroxyl groups is 1. The van der Waals surface area contributed by atoms with Crippen LogP contribution in [-0.2, 0) is 19.5 Å². The maximum Gasteiger partial charge on any atom is 0.332 e. The van der Waals surface area contributed by atoms with Gasteiger partial charge in [0.05, 0.1) is 23.4 Å². The molecule has 0 saturated heterocycles. The molecule has 2 heterocycles. The van der Waals surface area contributed by atoms with Gasteiger partial charge in [0.25, 0.3) is 5.56 Å². The summed E-state index contributed by atoms with van der Waals surface area (Å²) in [4.78, 5) is 39.5. The zero-order chi connectivity index (χ0) is 20.3. The summed E-state index contributed by atoms with van der Waals surface area (Å²) in [6, 6.07) is 9.79. The van der Waals surface area contributed by atoms with E-state index in [0.717, 1.165) is 16.6 Å². The zero-order valence-electron chi connectivity index (χ0n) is 16.1. The monoisotopic (exact) mass is 400 g/mol. The lowest BCUT2D eigenvalue weighted by molar-refractivity contribution is 0.0985. The highest BCUT2D eigenvalue weighted by Crippen LogP contribution is 2.29. The van der Waals surface area contributed by atoms with Crippen LogP contribution in [0.3, 0.4) is 0 Å². The Hall–Kier alpha value is -2.51. The van der Waals surface area contributed by atoms with E-state index in [1.807, 2.05) is 37.3 Å². The Kier molecular flexibility index (Phi) is 6.26. The fourth-order valence-electron chi connectivity index (χ4n) is 3.38. The van der Waals surface area contributed by atoms with Crippen LogP contribution in [-0.4, -0.2) is 26.6 Å². The Morgan fingerprint density at radius 1 is 1.11 bits per heavy atom. The number of ketones is 1. The highest BCUT2D eigenvalue weighted by Gasteiger charge is 2.22. The Balaban J connectivity index is 2.19. The van der Waals surface area contributed by atoms with Gasteiger partial charge >= 0.3 is 5.69 Å². The maximum atomic E-state index is 13.0. The zero-order valence-corrected chi connectivity index (χ0v) is 16.9. The molecule has 3 aromatic rings. The van der Waals surface area contributed by atoms with E-state index in [0.29, 0.717) is 40.0 Å². The molecule has 0 amide bonds. The van der Waals surface area contributed by atoms with E-state index < -0.39 is 11.2 Å². The van der Waals surface area contributed by atoms with Crippen LogP contribution in [0.25, 0.3) is 10.2 Å². The summed E-state index contributed by atoms with van der Waals surface area (Å²) in [6.45, 7) is 3.73. The number of hydrogen-bond donors (Lipinski definition) is 1. The third-order valence-corrected chi connectivity index (χ3v) is 6.17. The molecule has 6 nitrogen and oxygen atoms in total. The third kappa shape index (κ3) is 3.72. The minimum atomic E-state index is -0.446. The van der Waals surface area contributed by atoms with Gasteiger partial charge in [-0.05, 0) is 30.9 Å². The van der Waals surface area contributed by atoms with Gasteiger partial charge < -0.3 is 5.11 Å². The van der Waals surface area contributed by atoms with Gasteiger partial charge in [-0.25, -0.2) is 4.79 Å². The fourth-order valence-corrected chi connectivity index (χ4v) is 4.67. The first-order valence-electron chi connectivity index (χ1n) is 9.44. The number of aryl methyl sites for hydroxylation is 3. The minimum absolute atomic E-state index is 0.00336. The van der Waals surface area contributed by atoms with E-state index in [-0.39, 0.29) is 18.9 Å². The number of carbonyl (C=O) groups is 1. The number of aromatic nitrogens is 2. The number of thiophene rings is 1. The van der Waals surface area contributed by atoms with Crippen molar-refractivity contribution in [1.82, 2.24) is 9.13 Å². The summed E-state index contributed by atoms with van der Waals surface area (Å²) in [7, 11) is 0. The molecule has 0 aliphatic rings. The summed E-state index contributed by atoms with van der Waals surface area (Å²) in [5.41, 5.74) is 0.828. The Morgan fingerprint density at radius 3 is 2.46 bits per heavy atom. The van der Waals surface area contributed by atoms with Gasteiger partial charge in [0.15, 0.2) is 5.78 Å². The molecular weight excluding hydrogens is 376 g/mol. The molecule has 0 saturated carbocycles. The highest BCUT2D eigenvalue weighted by atomic mass is 32.1. The lowest BCUT2D eigenvalue weighted by Gasteiger charge is -2.11. The molecule has 0 radical (unpaired) electrons. The van der Waals surface area contributed by atoms with Gasteiger partial charge in [0.1, 0.15) is 4.83 Å². The third-order valence-electron chi connectivity index (χ3n) is 4.82. The molecule has 148 valence electrons. The quantitative estimate of drug-likeness (QED) is 0.590. The van der Waals surface area contributed by atoms with Crippen molar-refractivity contribution in [3.8, 4) is 0 Å². The van der Waals surface area contributed by atoms with Crippen LogP contribution in [0.5, 0.6) is 0 Å². The number of aliphatic hydroxyl groups excluding tert-OH is 1. The summed E-state index contributed by atoms with van der Waals surface area (Å²) < 4.78 is 2.64. The van der Waals surface area contributed by atoms with Crippen LogP contribution < -0.4 is 11.2 Å². The topological polar surface area (TPSA) is 81.3 Å². The predicted octanol–water partition coefficient (Wildman–Crippen LogP) is 2.75. The molecule has 0 spiro atoms. The van der Waals surface area contributed by atoms with Crippen molar-refractivity contribution in [2.45, 2.75) is 46.2 Å². The van der Waals surface area contributed by atoms with Crippen molar-refractivity contribution in [2.75, 3.05) is 6.61 Å². The van der Waals surface area contributed by atoms with Crippen LogP contribution in [0.1, 0.15) is 40.6 Å². The van der Waals surface area contributed by atoms with Gasteiger partial charge in [0, 0.05) is 13.0 Å². The second-order valence-corrected chi connectivity index (χ2v) is 7.76. The highest BCUT2D eigenvalue weighted by molar-refractivity contribution is 7.20. The van der Waals surface area contributed by atoms with Gasteiger partial charge in [-0.2, -0.15) is 0 Å². The molecule has 0 aliphatic carbocycles. The Bertz CT molecular complexity index is 1110. The Labute approximate surface area is 166 Å². The summed E-state index contributed by atoms with van der Waals surface area (Å²) in [5, 5.41) is 9.72. The van der Waals surface area contributed by atoms with Crippen LogP contribution >= 0.6 is 11.3 Å². The minimum Gasteiger partial charge on any atom is -0.395 e. The molecule has 7 heteroatoms. The fraction of sp³-hybridized carbons (Fsp3) is 0.381. The molecule has 0 bridgehead atoms. The van der Waals surface area contributed by atoms with Crippen molar-refractivity contribution in [2.24, 2.45) is 0 Å². The molecule has 1 aromatic carbocycles. The number of hydrogen-bond acceptors (Lipinski definition) is 5. The van der Waals surface area contributed by atoms with Crippen molar-refractivity contribution < 1.29 is 9.90 Å². The number of benzene rings is 1. The van der Waals surface area contributed by atoms with E-state index in [1.54, 1.807) is 11.5 Å². The first-order chi connectivity index (χ1) is 13.5. The number of carbonyl (C=O) groups excluding carboxylic acids is 1.